The number of nitrogens with zero attached hydrogens (tertiary/aromatic N) is 1. The van der Waals surface area contributed by atoms with Crippen molar-refractivity contribution < 1.29 is 4.74 Å². The molecule has 1 N–H and O–H groups in total. The Labute approximate surface area is 102 Å². The minimum absolute atomic E-state index is 0.00714. The first-order valence-corrected chi connectivity index (χ1v) is 6.38. The highest BCUT2D eigenvalue weighted by atomic mass is 16.5. The van der Waals surface area contributed by atoms with Gasteiger partial charge in [-0.3, -0.25) is 0 Å². The Bertz CT molecular complexity index is 167. The third kappa shape index (κ3) is 7.20. The molecule has 0 aliphatic heterocycles. The summed E-state index contributed by atoms with van der Waals surface area (Å²) in [5.41, 5.74) is -0.00714. The summed E-state index contributed by atoms with van der Waals surface area (Å²) in [6.45, 7) is 13.0. The van der Waals surface area contributed by atoms with Crippen LogP contribution >= 0.6 is 0 Å². The van der Waals surface area contributed by atoms with Crippen LogP contribution in [-0.2, 0) is 4.74 Å². The molecule has 0 radical (unpaired) electrons. The molecule has 0 saturated carbocycles. The van der Waals surface area contributed by atoms with E-state index in [0.29, 0.717) is 0 Å². The van der Waals surface area contributed by atoms with E-state index in [2.05, 4.69) is 45.0 Å². The van der Waals surface area contributed by atoms with Crippen LogP contribution in [0, 0.1) is 5.92 Å². The molecule has 1 atom stereocenters. The van der Waals surface area contributed by atoms with Crippen LogP contribution in [0.3, 0.4) is 0 Å². The second-order valence-corrected chi connectivity index (χ2v) is 5.34. The van der Waals surface area contributed by atoms with E-state index in [9.17, 15) is 0 Å². The number of nitrogens with one attached hydrogen (secondary N) is 1. The molecule has 0 aliphatic carbocycles. The molecule has 0 aromatic rings. The highest BCUT2D eigenvalue weighted by molar-refractivity contribution is 4.76. The Kier molecular flexibility index (Phi) is 7.98. The van der Waals surface area contributed by atoms with Gasteiger partial charge >= 0.3 is 0 Å². The number of ether oxygens (including phenoxy) is 1. The molecule has 0 rings (SSSR count). The van der Waals surface area contributed by atoms with Gasteiger partial charge in [-0.15, -0.1) is 0 Å². The van der Waals surface area contributed by atoms with Crippen LogP contribution < -0.4 is 5.32 Å². The molecule has 0 fully saturated rings. The smallest absolute Gasteiger partial charge is 0.0774 e. The van der Waals surface area contributed by atoms with E-state index in [4.69, 9.17) is 4.74 Å². The maximum atomic E-state index is 5.54. The van der Waals surface area contributed by atoms with E-state index in [1.807, 2.05) is 0 Å². The van der Waals surface area contributed by atoms with Crippen molar-refractivity contribution in [1.29, 1.82) is 0 Å². The van der Waals surface area contributed by atoms with Crippen LogP contribution in [0.15, 0.2) is 0 Å². The summed E-state index contributed by atoms with van der Waals surface area (Å²) < 4.78 is 5.54. The van der Waals surface area contributed by atoms with Gasteiger partial charge in [0.1, 0.15) is 0 Å². The first kappa shape index (κ1) is 15.9. The van der Waals surface area contributed by atoms with Gasteiger partial charge in [-0.05, 0) is 32.9 Å². The summed E-state index contributed by atoms with van der Waals surface area (Å²) in [5, 5.41) is 3.46. The molecule has 16 heavy (non-hydrogen) atoms. The van der Waals surface area contributed by atoms with Gasteiger partial charge in [-0.1, -0.05) is 20.8 Å². The predicted molar refractivity (Wildman–Crippen MR) is 70.9 cm³/mol. The summed E-state index contributed by atoms with van der Waals surface area (Å²) >= 11 is 0. The largest absolute Gasteiger partial charge is 0.377 e. The molecule has 0 saturated heterocycles. The van der Waals surface area contributed by atoms with E-state index in [-0.39, 0.29) is 5.60 Å². The highest BCUT2D eigenvalue weighted by Crippen LogP contribution is 2.14. The van der Waals surface area contributed by atoms with Gasteiger partial charge in [-0.25, -0.2) is 0 Å². The van der Waals surface area contributed by atoms with Crippen LogP contribution in [0.5, 0.6) is 0 Å². The minimum atomic E-state index is -0.00714. The van der Waals surface area contributed by atoms with Gasteiger partial charge in [0.2, 0.25) is 0 Å². The summed E-state index contributed by atoms with van der Waals surface area (Å²) in [7, 11) is 3.96. The third-order valence-electron chi connectivity index (χ3n) is 3.07. The summed E-state index contributed by atoms with van der Waals surface area (Å²) in [4.78, 5) is 2.33. The van der Waals surface area contributed by atoms with Gasteiger partial charge in [-0.2, -0.15) is 0 Å². The van der Waals surface area contributed by atoms with Crippen molar-refractivity contribution in [2.24, 2.45) is 5.92 Å². The van der Waals surface area contributed by atoms with E-state index >= 15 is 0 Å². The molecule has 0 amide bonds. The van der Waals surface area contributed by atoms with E-state index in [1.165, 1.54) is 0 Å². The normalized spacial score (nSPS) is 15.8. The lowest BCUT2D eigenvalue weighted by Gasteiger charge is -2.31. The molecule has 1 unspecified atom stereocenters. The van der Waals surface area contributed by atoms with Gasteiger partial charge in [0, 0.05) is 26.7 Å². The Morgan fingerprint density at radius 1 is 1.38 bits per heavy atom. The summed E-state index contributed by atoms with van der Waals surface area (Å²) in [5.74, 6) is 0.727. The summed E-state index contributed by atoms with van der Waals surface area (Å²) in [6.07, 6.45) is 1.05. The minimum Gasteiger partial charge on any atom is -0.377 e. The topological polar surface area (TPSA) is 24.5 Å². The van der Waals surface area contributed by atoms with Gasteiger partial charge in [0.15, 0.2) is 0 Å². The van der Waals surface area contributed by atoms with Gasteiger partial charge < -0.3 is 15.0 Å². The zero-order valence-electron chi connectivity index (χ0n) is 12.0. The van der Waals surface area contributed by atoms with E-state index < -0.39 is 0 Å². The van der Waals surface area contributed by atoms with Crippen molar-refractivity contribution in [1.82, 2.24) is 10.2 Å². The van der Waals surface area contributed by atoms with E-state index in [1.54, 1.807) is 7.11 Å². The second kappa shape index (κ2) is 8.04. The molecule has 0 bridgehead atoms. The number of likely N-dealkylation sites (N-methyl/N-ethyl adjacent to an activating group) is 1. The third-order valence-corrected chi connectivity index (χ3v) is 3.07. The van der Waals surface area contributed by atoms with Gasteiger partial charge in [0.25, 0.3) is 0 Å². The SMILES string of the molecule is CCC(C)(CN(C)CCNCC(C)C)OC. The molecule has 0 aromatic heterocycles. The van der Waals surface area contributed by atoms with Crippen LogP contribution in [0.4, 0.5) is 0 Å². The Balaban J connectivity index is 3.69. The fraction of sp³-hybridized carbons (Fsp3) is 1.00. The molecular formula is C13H30N2O. The van der Waals surface area contributed by atoms with Crippen molar-refractivity contribution in [2.45, 2.75) is 39.7 Å². The first-order chi connectivity index (χ1) is 7.43. The zero-order valence-corrected chi connectivity index (χ0v) is 12.0. The number of hydrogen-bond acceptors (Lipinski definition) is 3. The number of methoxy groups -OCH3 is 1. The van der Waals surface area contributed by atoms with Crippen molar-refractivity contribution >= 4 is 0 Å². The molecule has 0 aliphatic rings. The lowest BCUT2D eigenvalue weighted by atomic mass is 10.0. The quantitative estimate of drug-likeness (QED) is 0.613. The molecule has 0 spiro atoms. The van der Waals surface area contributed by atoms with Crippen LogP contribution in [0.2, 0.25) is 0 Å². The van der Waals surface area contributed by atoms with E-state index in [0.717, 1.165) is 38.5 Å². The molecule has 0 aromatic carbocycles. The standard InChI is InChI=1S/C13H30N2O/c1-7-13(4,16-6)11-15(5)9-8-14-10-12(2)3/h12,14H,7-11H2,1-6H3. The molecule has 0 heterocycles. The predicted octanol–water partition coefficient (Wildman–Crippen LogP) is 1.98. The Morgan fingerprint density at radius 3 is 2.44 bits per heavy atom. The number of hydrogen-bond donors (Lipinski definition) is 1. The lowest BCUT2D eigenvalue weighted by molar-refractivity contribution is -0.0198. The van der Waals surface area contributed by atoms with Crippen molar-refractivity contribution in [3.63, 3.8) is 0 Å². The number of rotatable bonds is 9. The average Bonchev–Trinajstić information content (AvgIpc) is 2.24. The maximum Gasteiger partial charge on any atom is 0.0774 e. The Morgan fingerprint density at radius 2 is 2.00 bits per heavy atom. The van der Waals surface area contributed by atoms with Crippen molar-refractivity contribution in [3.8, 4) is 0 Å². The first-order valence-electron chi connectivity index (χ1n) is 6.38. The van der Waals surface area contributed by atoms with Crippen LogP contribution in [0.25, 0.3) is 0 Å². The second-order valence-electron chi connectivity index (χ2n) is 5.34. The maximum absolute atomic E-state index is 5.54. The molecule has 3 nitrogen and oxygen atoms in total. The Hall–Kier alpha value is -0.120. The highest BCUT2D eigenvalue weighted by Gasteiger charge is 2.22. The van der Waals surface area contributed by atoms with Gasteiger partial charge in [0.05, 0.1) is 5.60 Å². The molecule has 98 valence electrons. The average molecular weight is 230 g/mol. The fourth-order valence-electron chi connectivity index (χ4n) is 1.63. The van der Waals surface area contributed by atoms with Crippen molar-refractivity contribution in [3.05, 3.63) is 0 Å². The lowest BCUT2D eigenvalue weighted by Crippen LogP contribution is -2.42. The summed E-state index contributed by atoms with van der Waals surface area (Å²) in [6, 6.07) is 0. The zero-order chi connectivity index (χ0) is 12.6. The monoisotopic (exact) mass is 230 g/mol. The fourth-order valence-corrected chi connectivity index (χ4v) is 1.63. The van der Waals surface area contributed by atoms with Crippen molar-refractivity contribution in [2.75, 3.05) is 40.3 Å². The van der Waals surface area contributed by atoms with Crippen LogP contribution in [0.1, 0.15) is 34.1 Å². The molecule has 3 heteroatoms. The molecular weight excluding hydrogens is 200 g/mol. The van der Waals surface area contributed by atoms with Crippen LogP contribution in [-0.4, -0.2) is 50.8 Å².